The summed E-state index contributed by atoms with van der Waals surface area (Å²) in [6, 6.07) is 16.4. The third kappa shape index (κ3) is 3.12. The van der Waals surface area contributed by atoms with Crippen LogP contribution in [0.2, 0.25) is 0 Å². The number of alkyl halides is 3. The number of aliphatic hydroxyl groups is 1. The molecule has 1 heterocycles. The van der Waals surface area contributed by atoms with Gasteiger partial charge in [-0.25, -0.2) is 4.68 Å². The van der Waals surface area contributed by atoms with Gasteiger partial charge in [-0.1, -0.05) is 42.5 Å². The fourth-order valence-electron chi connectivity index (χ4n) is 2.27. The molecule has 0 radical (unpaired) electrons. The van der Waals surface area contributed by atoms with Crippen LogP contribution < -0.4 is 0 Å². The van der Waals surface area contributed by atoms with Crippen LogP contribution in [0.5, 0.6) is 0 Å². The van der Waals surface area contributed by atoms with Gasteiger partial charge in [-0.3, -0.25) is 0 Å². The maximum absolute atomic E-state index is 13.0. The summed E-state index contributed by atoms with van der Waals surface area (Å²) in [5, 5.41) is 12.8. The lowest BCUT2D eigenvalue weighted by Gasteiger charge is -2.08. The zero-order chi connectivity index (χ0) is 16.4. The van der Waals surface area contributed by atoms with Crippen molar-refractivity contribution in [2.24, 2.45) is 0 Å². The van der Waals surface area contributed by atoms with E-state index in [1.165, 1.54) is 4.68 Å². The van der Waals surface area contributed by atoms with Crippen molar-refractivity contribution in [1.29, 1.82) is 0 Å². The highest BCUT2D eigenvalue weighted by molar-refractivity contribution is 5.63. The van der Waals surface area contributed by atoms with Crippen LogP contribution in [-0.2, 0) is 12.8 Å². The second kappa shape index (κ2) is 5.89. The molecule has 0 spiro atoms. The highest BCUT2D eigenvalue weighted by Gasteiger charge is 2.35. The van der Waals surface area contributed by atoms with Crippen LogP contribution in [0.3, 0.4) is 0 Å². The molecule has 0 amide bonds. The van der Waals surface area contributed by atoms with Gasteiger partial charge in [0, 0.05) is 5.56 Å². The average molecular weight is 318 g/mol. The van der Waals surface area contributed by atoms with Crippen LogP contribution in [0.25, 0.3) is 16.9 Å². The molecular weight excluding hydrogens is 305 g/mol. The first-order chi connectivity index (χ1) is 11.0. The van der Waals surface area contributed by atoms with E-state index in [4.69, 9.17) is 5.11 Å². The Balaban J connectivity index is 2.15. The van der Waals surface area contributed by atoms with E-state index in [1.807, 2.05) is 0 Å². The van der Waals surface area contributed by atoms with Crippen molar-refractivity contribution in [3.8, 4) is 16.9 Å². The van der Waals surface area contributed by atoms with Gasteiger partial charge in [-0.15, -0.1) is 0 Å². The van der Waals surface area contributed by atoms with E-state index in [2.05, 4.69) is 5.10 Å². The molecule has 118 valence electrons. The van der Waals surface area contributed by atoms with Gasteiger partial charge in [0.1, 0.15) is 0 Å². The fraction of sp³-hybridized carbons (Fsp3) is 0.118. The van der Waals surface area contributed by atoms with E-state index in [0.29, 0.717) is 22.5 Å². The molecule has 1 N–H and O–H groups in total. The van der Waals surface area contributed by atoms with Crippen molar-refractivity contribution >= 4 is 0 Å². The van der Waals surface area contributed by atoms with E-state index in [9.17, 15) is 13.2 Å². The Morgan fingerprint density at radius 3 is 2.17 bits per heavy atom. The van der Waals surface area contributed by atoms with Gasteiger partial charge in [-0.2, -0.15) is 18.3 Å². The average Bonchev–Trinajstić information content (AvgIpc) is 3.01. The Labute approximate surface area is 130 Å². The summed E-state index contributed by atoms with van der Waals surface area (Å²) in [6.45, 7) is -0.119. The van der Waals surface area contributed by atoms with Gasteiger partial charge >= 0.3 is 6.18 Å². The molecule has 6 heteroatoms. The molecule has 23 heavy (non-hydrogen) atoms. The lowest BCUT2D eigenvalue weighted by atomic mass is 10.1. The van der Waals surface area contributed by atoms with Gasteiger partial charge in [-0.05, 0) is 23.8 Å². The number of para-hydroxylation sites is 1. The molecule has 0 saturated carbocycles. The van der Waals surface area contributed by atoms with Crippen molar-refractivity contribution in [2.75, 3.05) is 0 Å². The normalized spacial score (nSPS) is 11.7. The summed E-state index contributed by atoms with van der Waals surface area (Å²) in [5.74, 6) is 0. The predicted molar refractivity (Wildman–Crippen MR) is 79.9 cm³/mol. The summed E-state index contributed by atoms with van der Waals surface area (Å²) in [5.41, 5.74) is 1.23. The summed E-state index contributed by atoms with van der Waals surface area (Å²) < 4.78 is 40.3. The number of benzene rings is 2. The number of nitrogens with zero attached hydrogens (tertiary/aromatic N) is 2. The molecule has 0 aliphatic heterocycles. The molecule has 3 rings (SSSR count). The Morgan fingerprint density at radius 2 is 1.61 bits per heavy atom. The van der Waals surface area contributed by atoms with Crippen LogP contribution in [0.4, 0.5) is 13.2 Å². The SMILES string of the molecule is OCc1ccc(-c2cc(C(F)(F)F)nn2-c2ccccc2)cc1. The largest absolute Gasteiger partial charge is 0.435 e. The van der Waals surface area contributed by atoms with Crippen LogP contribution in [-0.4, -0.2) is 14.9 Å². The molecule has 0 saturated heterocycles. The minimum Gasteiger partial charge on any atom is -0.392 e. The molecule has 2 aromatic carbocycles. The minimum atomic E-state index is -4.51. The molecule has 0 aliphatic carbocycles. The first kappa shape index (κ1) is 15.3. The van der Waals surface area contributed by atoms with Crippen LogP contribution >= 0.6 is 0 Å². The molecule has 3 aromatic rings. The van der Waals surface area contributed by atoms with E-state index in [0.717, 1.165) is 6.07 Å². The maximum Gasteiger partial charge on any atom is 0.435 e. The number of hydrogen-bond donors (Lipinski definition) is 1. The van der Waals surface area contributed by atoms with Gasteiger partial charge < -0.3 is 5.11 Å². The minimum absolute atomic E-state index is 0.119. The molecular formula is C17H13F3N2O. The number of aliphatic hydroxyl groups excluding tert-OH is 1. The summed E-state index contributed by atoms with van der Waals surface area (Å²) in [6.07, 6.45) is -4.51. The number of aromatic nitrogens is 2. The lowest BCUT2D eigenvalue weighted by Crippen LogP contribution is -2.07. The molecule has 0 aliphatic rings. The second-order valence-corrected chi connectivity index (χ2v) is 5.01. The lowest BCUT2D eigenvalue weighted by molar-refractivity contribution is -0.141. The molecule has 1 aromatic heterocycles. The summed E-state index contributed by atoms with van der Waals surface area (Å²) >= 11 is 0. The van der Waals surface area contributed by atoms with Gasteiger partial charge in [0.15, 0.2) is 5.69 Å². The monoisotopic (exact) mass is 318 g/mol. The fourth-order valence-corrected chi connectivity index (χ4v) is 2.27. The second-order valence-electron chi connectivity index (χ2n) is 5.01. The summed E-state index contributed by atoms with van der Waals surface area (Å²) in [4.78, 5) is 0. The van der Waals surface area contributed by atoms with Gasteiger partial charge in [0.05, 0.1) is 18.0 Å². The van der Waals surface area contributed by atoms with Crippen LogP contribution in [0, 0.1) is 0 Å². The number of hydrogen-bond acceptors (Lipinski definition) is 2. The van der Waals surface area contributed by atoms with Crippen LogP contribution in [0.15, 0.2) is 60.7 Å². The first-order valence-electron chi connectivity index (χ1n) is 6.92. The van der Waals surface area contributed by atoms with Crippen molar-refractivity contribution in [3.05, 3.63) is 71.9 Å². The standard InChI is InChI=1S/C17H13F3N2O/c18-17(19,20)16-10-15(13-8-6-12(11-23)7-9-13)22(21-16)14-4-2-1-3-5-14/h1-10,23H,11H2. The first-order valence-corrected chi connectivity index (χ1v) is 6.92. The zero-order valence-corrected chi connectivity index (χ0v) is 12.0. The van der Waals surface area contributed by atoms with E-state index < -0.39 is 11.9 Å². The van der Waals surface area contributed by atoms with Crippen molar-refractivity contribution in [2.45, 2.75) is 12.8 Å². The highest BCUT2D eigenvalue weighted by Crippen LogP contribution is 2.33. The smallest absolute Gasteiger partial charge is 0.392 e. The molecule has 0 fully saturated rings. The van der Waals surface area contributed by atoms with Crippen molar-refractivity contribution < 1.29 is 18.3 Å². The van der Waals surface area contributed by atoms with Crippen LogP contribution in [0.1, 0.15) is 11.3 Å². The Kier molecular flexibility index (Phi) is 3.92. The Morgan fingerprint density at radius 1 is 0.957 bits per heavy atom. The van der Waals surface area contributed by atoms with E-state index >= 15 is 0 Å². The van der Waals surface area contributed by atoms with Gasteiger partial charge in [0.25, 0.3) is 0 Å². The van der Waals surface area contributed by atoms with E-state index in [1.54, 1.807) is 54.6 Å². The Bertz CT molecular complexity index is 793. The predicted octanol–water partition coefficient (Wildman–Crippen LogP) is 4.05. The third-order valence-electron chi connectivity index (χ3n) is 3.43. The maximum atomic E-state index is 13.0. The molecule has 0 bridgehead atoms. The number of halogens is 3. The van der Waals surface area contributed by atoms with Crippen molar-refractivity contribution in [1.82, 2.24) is 9.78 Å². The van der Waals surface area contributed by atoms with Crippen molar-refractivity contribution in [3.63, 3.8) is 0 Å². The Hall–Kier alpha value is -2.60. The highest BCUT2D eigenvalue weighted by atomic mass is 19.4. The topological polar surface area (TPSA) is 38.1 Å². The van der Waals surface area contributed by atoms with E-state index in [-0.39, 0.29) is 6.61 Å². The molecule has 3 nitrogen and oxygen atoms in total. The molecule has 0 atom stereocenters. The quantitative estimate of drug-likeness (QED) is 0.791. The molecule has 0 unspecified atom stereocenters. The van der Waals surface area contributed by atoms with Gasteiger partial charge in [0.2, 0.25) is 0 Å². The number of rotatable bonds is 3. The zero-order valence-electron chi connectivity index (χ0n) is 12.0. The third-order valence-corrected chi connectivity index (χ3v) is 3.43. The summed E-state index contributed by atoms with van der Waals surface area (Å²) in [7, 11) is 0.